The van der Waals surface area contributed by atoms with Crippen molar-refractivity contribution in [3.8, 4) is 0 Å². The van der Waals surface area contributed by atoms with Crippen molar-refractivity contribution in [3.05, 3.63) is 0 Å². The summed E-state index contributed by atoms with van der Waals surface area (Å²) in [6.45, 7) is 6.58. The lowest BCUT2D eigenvalue weighted by Gasteiger charge is -2.22. The van der Waals surface area contributed by atoms with E-state index >= 15 is 0 Å². The van der Waals surface area contributed by atoms with Crippen molar-refractivity contribution in [1.29, 1.82) is 0 Å². The van der Waals surface area contributed by atoms with Crippen LogP contribution in [0, 0.1) is 0 Å². The average molecular weight is 557 g/mol. The minimum absolute atomic E-state index is 0.0421. The number of carboxylic acids is 1. The minimum Gasteiger partial charge on any atom is -0.481 e. The van der Waals surface area contributed by atoms with E-state index in [-0.39, 0.29) is 24.9 Å². The zero-order chi connectivity index (χ0) is 28.8. The van der Waals surface area contributed by atoms with Crippen LogP contribution in [-0.2, 0) is 23.9 Å². The number of ether oxygens (including phenoxy) is 2. The molecule has 0 unspecified atom stereocenters. The highest BCUT2D eigenvalue weighted by molar-refractivity contribution is 5.77. The van der Waals surface area contributed by atoms with Gasteiger partial charge in [-0.15, -0.1) is 0 Å². The number of rotatable bonds is 30. The van der Waals surface area contributed by atoms with Crippen LogP contribution in [-0.4, -0.2) is 74.4 Å². The number of esters is 1. The lowest BCUT2D eigenvalue weighted by atomic mass is 10.1. The Morgan fingerprint density at radius 1 is 0.667 bits per heavy atom. The Morgan fingerprint density at radius 2 is 1.18 bits per heavy atom. The zero-order valence-electron chi connectivity index (χ0n) is 25.3. The van der Waals surface area contributed by atoms with Crippen LogP contribution in [0.25, 0.3) is 0 Å². The zero-order valence-corrected chi connectivity index (χ0v) is 25.3. The van der Waals surface area contributed by atoms with Crippen LogP contribution < -0.4 is 5.32 Å². The maximum absolute atomic E-state index is 11.9. The van der Waals surface area contributed by atoms with Gasteiger partial charge < -0.3 is 24.8 Å². The van der Waals surface area contributed by atoms with E-state index in [0.29, 0.717) is 19.6 Å². The van der Waals surface area contributed by atoms with Crippen molar-refractivity contribution in [1.82, 2.24) is 10.2 Å². The first kappa shape index (κ1) is 37.3. The summed E-state index contributed by atoms with van der Waals surface area (Å²) in [6.07, 6.45) is 20.8. The molecule has 0 spiro atoms. The third kappa shape index (κ3) is 29.1. The molecule has 230 valence electrons. The first-order valence-electron chi connectivity index (χ1n) is 15.8. The molecule has 0 aliphatic rings. The van der Waals surface area contributed by atoms with E-state index in [2.05, 4.69) is 17.1 Å². The van der Waals surface area contributed by atoms with Crippen LogP contribution in [0.2, 0.25) is 0 Å². The molecule has 0 fully saturated rings. The second-order valence-electron chi connectivity index (χ2n) is 10.7. The number of hydrogen-bond donors (Lipinski definition) is 2. The summed E-state index contributed by atoms with van der Waals surface area (Å²) in [5, 5.41) is 11.6. The molecule has 8 heteroatoms. The predicted octanol–water partition coefficient (Wildman–Crippen LogP) is 6.50. The highest BCUT2D eigenvalue weighted by atomic mass is 16.5. The number of methoxy groups -OCH3 is 1. The van der Waals surface area contributed by atoms with Gasteiger partial charge in [0.1, 0.15) is 6.61 Å². The Balaban J connectivity index is 3.90. The largest absolute Gasteiger partial charge is 0.481 e. The molecule has 0 aromatic heterocycles. The van der Waals surface area contributed by atoms with Gasteiger partial charge in [0, 0.05) is 26.5 Å². The van der Waals surface area contributed by atoms with Crippen LogP contribution >= 0.6 is 0 Å². The highest BCUT2D eigenvalue weighted by Gasteiger charge is 2.07. The Kier molecular flexibility index (Phi) is 28.1. The van der Waals surface area contributed by atoms with E-state index in [1.807, 2.05) is 0 Å². The fourth-order valence-corrected chi connectivity index (χ4v) is 4.64. The number of carboxylic acid groups (broad SMARTS) is 1. The lowest BCUT2D eigenvalue weighted by molar-refractivity contribution is -0.144. The van der Waals surface area contributed by atoms with Crippen LogP contribution in [0.1, 0.15) is 135 Å². The summed E-state index contributed by atoms with van der Waals surface area (Å²) in [5.74, 6) is -0.827. The van der Waals surface area contributed by atoms with E-state index in [1.165, 1.54) is 45.6 Å². The second kappa shape index (κ2) is 29.3. The number of unbranched alkanes of at least 4 members (excludes halogenated alkanes) is 14. The molecule has 0 aromatic rings. The smallest absolute Gasteiger partial charge is 0.305 e. The van der Waals surface area contributed by atoms with Gasteiger partial charge in [-0.3, -0.25) is 14.4 Å². The van der Waals surface area contributed by atoms with Crippen molar-refractivity contribution < 1.29 is 29.0 Å². The SMILES string of the molecule is CCCCCCCCCC(=O)OCCCCCCCN(CCCCCCCC(=O)O)CCCNC(=O)COC. The maximum atomic E-state index is 11.9. The fourth-order valence-electron chi connectivity index (χ4n) is 4.64. The Labute approximate surface area is 239 Å². The van der Waals surface area contributed by atoms with Crippen molar-refractivity contribution in [2.24, 2.45) is 0 Å². The molecule has 0 atom stereocenters. The summed E-state index contributed by atoms with van der Waals surface area (Å²) < 4.78 is 10.3. The van der Waals surface area contributed by atoms with E-state index in [4.69, 9.17) is 14.6 Å². The van der Waals surface area contributed by atoms with E-state index in [1.54, 1.807) is 0 Å². The molecule has 39 heavy (non-hydrogen) atoms. The Hall–Kier alpha value is -1.67. The molecular formula is C31H60N2O6. The second-order valence-corrected chi connectivity index (χ2v) is 10.7. The number of nitrogens with one attached hydrogen (secondary N) is 1. The summed E-state index contributed by atoms with van der Waals surface area (Å²) >= 11 is 0. The van der Waals surface area contributed by atoms with Crippen molar-refractivity contribution in [2.75, 3.05) is 46.5 Å². The summed E-state index contributed by atoms with van der Waals surface area (Å²) in [6, 6.07) is 0. The van der Waals surface area contributed by atoms with Gasteiger partial charge in [0.25, 0.3) is 0 Å². The molecule has 0 heterocycles. The predicted molar refractivity (Wildman–Crippen MR) is 158 cm³/mol. The number of carbonyl (C=O) groups is 3. The van der Waals surface area contributed by atoms with Crippen molar-refractivity contribution in [3.63, 3.8) is 0 Å². The highest BCUT2D eigenvalue weighted by Crippen LogP contribution is 2.11. The summed E-state index contributed by atoms with van der Waals surface area (Å²) in [4.78, 5) is 36.6. The molecule has 0 rings (SSSR count). The number of aliphatic carboxylic acids is 1. The molecule has 8 nitrogen and oxygen atoms in total. The first-order valence-corrected chi connectivity index (χ1v) is 15.8. The van der Waals surface area contributed by atoms with Crippen LogP contribution in [0.15, 0.2) is 0 Å². The average Bonchev–Trinajstić information content (AvgIpc) is 2.90. The number of amides is 1. The van der Waals surface area contributed by atoms with Crippen LogP contribution in [0.5, 0.6) is 0 Å². The summed E-state index contributed by atoms with van der Waals surface area (Å²) in [7, 11) is 1.52. The van der Waals surface area contributed by atoms with Crippen molar-refractivity contribution in [2.45, 2.75) is 135 Å². The number of carbonyl (C=O) groups excluding carboxylic acids is 2. The van der Waals surface area contributed by atoms with Gasteiger partial charge in [0.15, 0.2) is 0 Å². The van der Waals surface area contributed by atoms with Gasteiger partial charge in [-0.05, 0) is 58.2 Å². The fraction of sp³-hybridized carbons (Fsp3) is 0.903. The van der Waals surface area contributed by atoms with Gasteiger partial charge >= 0.3 is 11.9 Å². The molecular weight excluding hydrogens is 496 g/mol. The Bertz CT molecular complexity index is 587. The van der Waals surface area contributed by atoms with Gasteiger partial charge in [-0.2, -0.15) is 0 Å². The van der Waals surface area contributed by atoms with E-state index < -0.39 is 5.97 Å². The molecule has 0 aliphatic heterocycles. The monoisotopic (exact) mass is 556 g/mol. The third-order valence-electron chi connectivity index (χ3n) is 6.98. The molecule has 1 amide bonds. The number of hydrogen-bond acceptors (Lipinski definition) is 6. The van der Waals surface area contributed by atoms with Gasteiger partial charge in [0.2, 0.25) is 5.91 Å². The van der Waals surface area contributed by atoms with Gasteiger partial charge in [-0.25, -0.2) is 0 Å². The molecule has 2 N–H and O–H groups in total. The van der Waals surface area contributed by atoms with Gasteiger partial charge in [0.05, 0.1) is 6.61 Å². The molecule has 0 bridgehead atoms. The van der Waals surface area contributed by atoms with E-state index in [9.17, 15) is 14.4 Å². The molecule has 0 saturated carbocycles. The number of nitrogens with zero attached hydrogens (tertiary/aromatic N) is 1. The van der Waals surface area contributed by atoms with E-state index in [0.717, 1.165) is 96.7 Å². The normalized spacial score (nSPS) is 11.2. The molecule has 0 saturated heterocycles. The molecule has 0 aromatic carbocycles. The summed E-state index contributed by atoms with van der Waals surface area (Å²) in [5.41, 5.74) is 0. The van der Waals surface area contributed by atoms with Gasteiger partial charge in [-0.1, -0.05) is 84.0 Å². The Morgan fingerprint density at radius 3 is 1.77 bits per heavy atom. The minimum atomic E-state index is -0.710. The third-order valence-corrected chi connectivity index (χ3v) is 6.98. The molecule has 0 radical (unpaired) electrons. The standard InChI is InChI=1S/C31H60N2O6/c1-3-4-5-6-7-11-16-22-31(37)39-27-19-14-9-13-18-25-33(26-20-23-32-29(34)28-38-2)24-17-12-8-10-15-21-30(35)36/h3-28H2,1-2H3,(H,32,34)(H,35,36). The first-order chi connectivity index (χ1) is 19.0. The topological polar surface area (TPSA) is 105 Å². The van der Waals surface area contributed by atoms with Crippen LogP contribution in [0.3, 0.4) is 0 Å². The maximum Gasteiger partial charge on any atom is 0.305 e. The quantitative estimate of drug-likeness (QED) is 0.0768. The lowest BCUT2D eigenvalue weighted by Crippen LogP contribution is -2.32. The van der Waals surface area contributed by atoms with Crippen molar-refractivity contribution >= 4 is 17.8 Å². The molecule has 0 aliphatic carbocycles. The van der Waals surface area contributed by atoms with Crippen LogP contribution in [0.4, 0.5) is 0 Å².